The Morgan fingerprint density at radius 3 is 2.23 bits per heavy atom. The Morgan fingerprint density at radius 2 is 1.58 bits per heavy atom. The van der Waals surface area contributed by atoms with Crippen molar-refractivity contribution >= 4 is 11.8 Å². The van der Waals surface area contributed by atoms with Crippen molar-refractivity contribution in [1.82, 2.24) is 20.6 Å². The number of nitrogens with zero attached hydrogens (tertiary/aromatic N) is 2. The van der Waals surface area contributed by atoms with Crippen molar-refractivity contribution in [2.75, 3.05) is 14.2 Å². The van der Waals surface area contributed by atoms with Crippen LogP contribution in [0.2, 0.25) is 0 Å². The van der Waals surface area contributed by atoms with Crippen molar-refractivity contribution in [2.45, 2.75) is 20.0 Å². The van der Waals surface area contributed by atoms with Gasteiger partial charge < -0.3 is 14.2 Å². The van der Waals surface area contributed by atoms with Crippen LogP contribution in [0.5, 0.6) is 17.2 Å². The van der Waals surface area contributed by atoms with Crippen LogP contribution in [-0.2, 0) is 0 Å². The molecule has 2 amide bonds. The number of amides is 2. The molecule has 1 aromatic heterocycles. The normalized spacial score (nSPS) is 10.5. The highest BCUT2D eigenvalue weighted by atomic mass is 16.5. The quantitative estimate of drug-likeness (QED) is 0.566. The summed E-state index contributed by atoms with van der Waals surface area (Å²) in [5.41, 5.74) is 5.81. The van der Waals surface area contributed by atoms with Crippen LogP contribution in [-0.4, -0.2) is 41.9 Å². The van der Waals surface area contributed by atoms with Gasteiger partial charge in [-0.2, -0.15) is 5.10 Å². The van der Waals surface area contributed by atoms with Crippen LogP contribution in [0.3, 0.4) is 0 Å². The molecule has 0 spiro atoms. The molecule has 1 heterocycles. The second-order valence-corrected chi connectivity index (χ2v) is 6.77. The number of para-hydroxylation sites is 1. The standard InChI is InChI=1S/C22H24N4O5/c1-14(2)31-17-11-10-15(12-18(17)29-3)21(27)23-24-22(28)20-19(30-4)13-26(25-20)16-8-6-5-7-9-16/h5-14H,1-4H3,(H,23,27)(H,24,28). The Hall–Kier alpha value is -4.01. The average molecular weight is 424 g/mol. The first kappa shape index (κ1) is 21.7. The van der Waals surface area contributed by atoms with Gasteiger partial charge in [0.15, 0.2) is 22.9 Å². The van der Waals surface area contributed by atoms with Crippen LogP contribution >= 0.6 is 0 Å². The van der Waals surface area contributed by atoms with E-state index in [1.165, 1.54) is 25.0 Å². The number of aromatic nitrogens is 2. The summed E-state index contributed by atoms with van der Waals surface area (Å²) in [7, 11) is 2.93. The van der Waals surface area contributed by atoms with Gasteiger partial charge in [-0.05, 0) is 44.2 Å². The predicted molar refractivity (Wildman–Crippen MR) is 114 cm³/mol. The predicted octanol–water partition coefficient (Wildman–Crippen LogP) is 2.75. The molecule has 9 heteroatoms. The molecule has 0 fully saturated rings. The molecule has 31 heavy (non-hydrogen) atoms. The number of nitrogens with one attached hydrogen (secondary N) is 2. The first-order valence-corrected chi connectivity index (χ1v) is 9.57. The van der Waals surface area contributed by atoms with Crippen molar-refractivity contribution in [3.63, 3.8) is 0 Å². The summed E-state index contributed by atoms with van der Waals surface area (Å²) in [5, 5.41) is 4.26. The number of hydrogen-bond donors (Lipinski definition) is 2. The van der Waals surface area contributed by atoms with Crippen molar-refractivity contribution in [2.24, 2.45) is 0 Å². The Labute approximate surface area is 179 Å². The summed E-state index contributed by atoms with van der Waals surface area (Å²) in [6.45, 7) is 3.78. The molecule has 3 aromatic rings. The highest BCUT2D eigenvalue weighted by molar-refractivity contribution is 5.99. The van der Waals surface area contributed by atoms with Gasteiger partial charge in [-0.3, -0.25) is 20.4 Å². The molecule has 0 aliphatic carbocycles. The Balaban J connectivity index is 1.71. The number of benzene rings is 2. The summed E-state index contributed by atoms with van der Waals surface area (Å²) < 4.78 is 17.7. The van der Waals surface area contributed by atoms with Gasteiger partial charge in [-0.15, -0.1) is 0 Å². The minimum atomic E-state index is -0.619. The lowest BCUT2D eigenvalue weighted by Crippen LogP contribution is -2.42. The van der Waals surface area contributed by atoms with Gasteiger partial charge >= 0.3 is 0 Å². The van der Waals surface area contributed by atoms with E-state index in [-0.39, 0.29) is 23.1 Å². The van der Waals surface area contributed by atoms with E-state index < -0.39 is 11.8 Å². The number of hydrazine groups is 1. The van der Waals surface area contributed by atoms with Crippen LogP contribution < -0.4 is 25.1 Å². The maximum atomic E-state index is 12.6. The molecule has 162 valence electrons. The molecule has 0 atom stereocenters. The molecule has 2 N–H and O–H groups in total. The van der Waals surface area contributed by atoms with E-state index in [9.17, 15) is 9.59 Å². The summed E-state index contributed by atoms with van der Waals surface area (Å²) in [6, 6.07) is 14.0. The summed E-state index contributed by atoms with van der Waals surface area (Å²) >= 11 is 0. The zero-order valence-electron chi connectivity index (χ0n) is 17.7. The van der Waals surface area contributed by atoms with Gasteiger partial charge in [0, 0.05) is 5.56 Å². The fourth-order valence-corrected chi connectivity index (χ4v) is 2.78. The lowest BCUT2D eigenvalue weighted by Gasteiger charge is -2.14. The molecule has 2 aromatic carbocycles. The molecule has 0 saturated carbocycles. The molecule has 3 rings (SSSR count). The largest absolute Gasteiger partial charge is 0.493 e. The molecule has 0 bridgehead atoms. The fraction of sp³-hybridized carbons (Fsp3) is 0.227. The van der Waals surface area contributed by atoms with Gasteiger partial charge in [-0.1, -0.05) is 18.2 Å². The van der Waals surface area contributed by atoms with E-state index >= 15 is 0 Å². The lowest BCUT2D eigenvalue weighted by molar-refractivity contribution is 0.0841. The number of hydrogen-bond acceptors (Lipinski definition) is 6. The van der Waals surface area contributed by atoms with Crippen LogP contribution in [0.15, 0.2) is 54.7 Å². The van der Waals surface area contributed by atoms with Crippen molar-refractivity contribution in [3.05, 3.63) is 66.0 Å². The smallest absolute Gasteiger partial charge is 0.294 e. The zero-order chi connectivity index (χ0) is 22.4. The average Bonchev–Trinajstić information content (AvgIpc) is 3.22. The number of rotatable bonds is 7. The maximum absolute atomic E-state index is 12.6. The van der Waals surface area contributed by atoms with Crippen molar-refractivity contribution in [3.8, 4) is 22.9 Å². The summed E-state index contributed by atoms with van der Waals surface area (Å²) in [5.74, 6) is 0.0634. The van der Waals surface area contributed by atoms with E-state index in [1.54, 1.807) is 18.3 Å². The number of methoxy groups -OCH3 is 2. The second kappa shape index (κ2) is 9.66. The van der Waals surface area contributed by atoms with Gasteiger partial charge in [0.2, 0.25) is 0 Å². The van der Waals surface area contributed by atoms with Crippen LogP contribution in [0.1, 0.15) is 34.7 Å². The van der Waals surface area contributed by atoms with E-state index in [0.29, 0.717) is 11.5 Å². The molecule has 0 radical (unpaired) electrons. The summed E-state index contributed by atoms with van der Waals surface area (Å²) in [6.07, 6.45) is 1.54. The topological polar surface area (TPSA) is 104 Å². The van der Waals surface area contributed by atoms with E-state index in [4.69, 9.17) is 14.2 Å². The molecular weight excluding hydrogens is 400 g/mol. The van der Waals surface area contributed by atoms with Gasteiger partial charge in [0.25, 0.3) is 11.8 Å². The van der Waals surface area contributed by atoms with Crippen LogP contribution in [0.4, 0.5) is 0 Å². The monoisotopic (exact) mass is 424 g/mol. The highest BCUT2D eigenvalue weighted by Crippen LogP contribution is 2.29. The molecule has 0 aliphatic rings. The molecular formula is C22H24N4O5. The van der Waals surface area contributed by atoms with Crippen LogP contribution in [0, 0.1) is 0 Å². The number of ether oxygens (including phenoxy) is 3. The third-order valence-electron chi connectivity index (χ3n) is 4.21. The first-order chi connectivity index (χ1) is 14.9. The van der Waals surface area contributed by atoms with Crippen LogP contribution in [0.25, 0.3) is 5.69 Å². The molecule has 9 nitrogen and oxygen atoms in total. The van der Waals surface area contributed by atoms with E-state index in [1.807, 2.05) is 44.2 Å². The lowest BCUT2D eigenvalue weighted by atomic mass is 10.2. The SMILES string of the molecule is COc1cc(C(=O)NNC(=O)c2nn(-c3ccccc3)cc2OC)ccc1OC(C)C. The number of carbonyl (C=O) groups is 2. The third-order valence-corrected chi connectivity index (χ3v) is 4.21. The minimum Gasteiger partial charge on any atom is -0.493 e. The summed E-state index contributed by atoms with van der Waals surface area (Å²) in [4.78, 5) is 25.1. The molecule has 0 aliphatic heterocycles. The first-order valence-electron chi connectivity index (χ1n) is 9.57. The van der Waals surface area contributed by atoms with Crippen molar-refractivity contribution in [1.29, 1.82) is 0 Å². The Bertz CT molecular complexity index is 1060. The maximum Gasteiger partial charge on any atom is 0.294 e. The molecule has 0 saturated heterocycles. The second-order valence-electron chi connectivity index (χ2n) is 6.77. The zero-order valence-corrected chi connectivity index (χ0v) is 17.7. The Morgan fingerprint density at radius 1 is 0.903 bits per heavy atom. The van der Waals surface area contributed by atoms with E-state index in [2.05, 4.69) is 16.0 Å². The van der Waals surface area contributed by atoms with E-state index in [0.717, 1.165) is 5.69 Å². The third kappa shape index (κ3) is 5.13. The molecule has 0 unspecified atom stereocenters. The van der Waals surface area contributed by atoms with Gasteiger partial charge in [-0.25, -0.2) is 4.68 Å². The number of carbonyl (C=O) groups excluding carboxylic acids is 2. The van der Waals surface area contributed by atoms with Gasteiger partial charge in [0.1, 0.15) is 0 Å². The highest BCUT2D eigenvalue weighted by Gasteiger charge is 2.20. The Kier molecular flexibility index (Phi) is 6.76. The van der Waals surface area contributed by atoms with Gasteiger partial charge in [0.05, 0.1) is 32.2 Å². The van der Waals surface area contributed by atoms with Crippen molar-refractivity contribution < 1.29 is 23.8 Å². The minimum absolute atomic E-state index is 0.0323. The fourth-order valence-electron chi connectivity index (χ4n) is 2.78.